The quantitative estimate of drug-likeness (QED) is 0.730. The van der Waals surface area contributed by atoms with Gasteiger partial charge in [0, 0.05) is 13.0 Å². The van der Waals surface area contributed by atoms with E-state index in [-0.39, 0.29) is 13.0 Å². The number of nitrogens with zero attached hydrogens (tertiary/aromatic N) is 1. The van der Waals surface area contributed by atoms with Crippen LogP contribution < -0.4 is 10.6 Å². The number of benzene rings is 2. The second-order valence-corrected chi connectivity index (χ2v) is 5.69. The molecule has 138 valence electrons. The van der Waals surface area contributed by atoms with E-state index in [2.05, 4.69) is 10.6 Å². The van der Waals surface area contributed by atoms with Gasteiger partial charge in [0.2, 0.25) is 0 Å². The molecule has 2 aromatic carbocycles. The molecule has 0 unspecified atom stereocenters. The minimum Gasteiger partial charge on any atom is -0.456 e. The van der Waals surface area contributed by atoms with Gasteiger partial charge in [-0.1, -0.05) is 42.5 Å². The fourth-order valence-corrected chi connectivity index (χ4v) is 2.20. The van der Waals surface area contributed by atoms with E-state index in [9.17, 15) is 14.4 Å². The number of rotatable bonds is 7. The van der Waals surface area contributed by atoms with E-state index >= 15 is 0 Å². The number of esters is 1. The molecule has 0 saturated heterocycles. The van der Waals surface area contributed by atoms with Crippen molar-refractivity contribution in [1.82, 2.24) is 10.6 Å². The van der Waals surface area contributed by atoms with Crippen LogP contribution in [0.5, 0.6) is 0 Å². The van der Waals surface area contributed by atoms with Crippen molar-refractivity contribution in [2.45, 2.75) is 19.4 Å². The van der Waals surface area contributed by atoms with Crippen molar-refractivity contribution in [2.75, 3.05) is 6.61 Å². The van der Waals surface area contributed by atoms with Crippen LogP contribution in [0.4, 0.5) is 4.79 Å². The summed E-state index contributed by atoms with van der Waals surface area (Å²) in [4.78, 5) is 34.9. The van der Waals surface area contributed by atoms with Gasteiger partial charge in [-0.15, -0.1) is 0 Å². The number of carbonyl (C=O) groups is 3. The lowest BCUT2D eigenvalue weighted by atomic mass is 10.1. The van der Waals surface area contributed by atoms with Crippen molar-refractivity contribution < 1.29 is 19.1 Å². The monoisotopic (exact) mass is 365 g/mol. The maximum absolute atomic E-state index is 11.7. The molecule has 0 aliphatic carbocycles. The summed E-state index contributed by atoms with van der Waals surface area (Å²) in [6, 6.07) is 17.5. The minimum atomic E-state index is -0.702. The second kappa shape index (κ2) is 10.4. The van der Waals surface area contributed by atoms with E-state index in [4.69, 9.17) is 10.00 Å². The van der Waals surface area contributed by atoms with Crippen molar-refractivity contribution in [3.63, 3.8) is 0 Å². The number of carbonyl (C=O) groups excluding carboxylic acids is 3. The standard InChI is InChI=1S/C20H19N3O4/c21-12-16-8-6-15(7-9-16)10-11-19(25)27-14-18(24)23-20(26)22-13-17-4-2-1-3-5-17/h1-9H,10-11,13-14H2,(H2,22,23,24,26). The first-order valence-corrected chi connectivity index (χ1v) is 8.33. The molecule has 0 aromatic heterocycles. The number of amides is 3. The molecule has 0 saturated carbocycles. The Labute approximate surface area is 156 Å². The summed E-state index contributed by atoms with van der Waals surface area (Å²) in [5.41, 5.74) is 2.33. The van der Waals surface area contributed by atoms with Gasteiger partial charge in [0.05, 0.1) is 11.6 Å². The first-order chi connectivity index (χ1) is 13.1. The predicted octanol–water partition coefficient (Wildman–Crippen LogP) is 2.06. The molecule has 0 fully saturated rings. The molecule has 7 heteroatoms. The first kappa shape index (κ1) is 19.7. The number of ether oxygens (including phenoxy) is 1. The summed E-state index contributed by atoms with van der Waals surface area (Å²) in [6.45, 7) is -0.241. The molecule has 0 spiro atoms. The summed E-state index contributed by atoms with van der Waals surface area (Å²) < 4.78 is 4.85. The number of nitrogens with one attached hydrogen (secondary N) is 2. The lowest BCUT2D eigenvalue weighted by molar-refractivity contribution is -0.148. The lowest BCUT2D eigenvalue weighted by Crippen LogP contribution is -2.41. The Hall–Kier alpha value is -3.66. The highest BCUT2D eigenvalue weighted by Gasteiger charge is 2.11. The third-order valence-corrected chi connectivity index (χ3v) is 3.61. The van der Waals surface area contributed by atoms with Crippen LogP contribution in [-0.4, -0.2) is 24.5 Å². The van der Waals surface area contributed by atoms with E-state index in [1.165, 1.54) is 0 Å². The summed E-state index contributed by atoms with van der Waals surface area (Å²) in [6.07, 6.45) is 0.531. The van der Waals surface area contributed by atoms with Gasteiger partial charge in [-0.3, -0.25) is 14.9 Å². The van der Waals surface area contributed by atoms with Crippen LogP contribution in [0.25, 0.3) is 0 Å². The number of imide groups is 1. The van der Waals surface area contributed by atoms with Crippen LogP contribution in [0.2, 0.25) is 0 Å². The molecular formula is C20H19N3O4. The van der Waals surface area contributed by atoms with Crippen LogP contribution >= 0.6 is 0 Å². The largest absolute Gasteiger partial charge is 0.456 e. The van der Waals surface area contributed by atoms with Gasteiger partial charge < -0.3 is 10.1 Å². The fraction of sp³-hybridized carbons (Fsp3) is 0.200. The average Bonchev–Trinajstić information content (AvgIpc) is 2.70. The zero-order valence-corrected chi connectivity index (χ0v) is 14.6. The summed E-state index contributed by atoms with van der Waals surface area (Å²) in [7, 11) is 0. The number of nitriles is 1. The molecule has 0 radical (unpaired) electrons. The molecule has 0 aliphatic rings. The van der Waals surface area contributed by atoms with E-state index < -0.39 is 24.5 Å². The number of hydrogen-bond acceptors (Lipinski definition) is 5. The SMILES string of the molecule is N#Cc1ccc(CCC(=O)OCC(=O)NC(=O)NCc2ccccc2)cc1. The Bertz CT molecular complexity index is 827. The molecule has 3 amide bonds. The fourth-order valence-electron chi connectivity index (χ4n) is 2.20. The minimum absolute atomic E-state index is 0.0966. The Balaban J connectivity index is 1.63. The predicted molar refractivity (Wildman–Crippen MR) is 97.3 cm³/mol. The molecule has 0 atom stereocenters. The second-order valence-electron chi connectivity index (χ2n) is 5.69. The van der Waals surface area contributed by atoms with Gasteiger partial charge in [0.25, 0.3) is 5.91 Å². The maximum Gasteiger partial charge on any atom is 0.321 e. The smallest absolute Gasteiger partial charge is 0.321 e. The molecular weight excluding hydrogens is 346 g/mol. The summed E-state index contributed by atoms with van der Waals surface area (Å²) >= 11 is 0. The van der Waals surface area contributed by atoms with Crippen LogP contribution in [-0.2, 0) is 27.3 Å². The van der Waals surface area contributed by atoms with E-state index in [0.29, 0.717) is 12.0 Å². The Kier molecular flexibility index (Phi) is 7.54. The van der Waals surface area contributed by atoms with Gasteiger partial charge in [-0.2, -0.15) is 5.26 Å². The topological polar surface area (TPSA) is 108 Å². The van der Waals surface area contributed by atoms with Crippen molar-refractivity contribution in [3.05, 3.63) is 71.3 Å². The molecule has 27 heavy (non-hydrogen) atoms. The zero-order valence-electron chi connectivity index (χ0n) is 14.6. The van der Waals surface area contributed by atoms with Crippen LogP contribution in [0.3, 0.4) is 0 Å². The van der Waals surface area contributed by atoms with Crippen LogP contribution in [0, 0.1) is 11.3 Å². The molecule has 2 aromatic rings. The highest BCUT2D eigenvalue weighted by molar-refractivity contribution is 5.95. The van der Waals surface area contributed by atoms with Crippen LogP contribution in [0.1, 0.15) is 23.1 Å². The molecule has 7 nitrogen and oxygen atoms in total. The normalized spacial score (nSPS) is 9.74. The highest BCUT2D eigenvalue weighted by Crippen LogP contribution is 2.06. The van der Waals surface area contributed by atoms with E-state index in [0.717, 1.165) is 11.1 Å². The van der Waals surface area contributed by atoms with E-state index in [1.54, 1.807) is 24.3 Å². The third-order valence-electron chi connectivity index (χ3n) is 3.61. The van der Waals surface area contributed by atoms with Gasteiger partial charge in [-0.05, 0) is 29.7 Å². The lowest BCUT2D eigenvalue weighted by Gasteiger charge is -2.08. The Morgan fingerprint density at radius 2 is 1.67 bits per heavy atom. The Morgan fingerprint density at radius 1 is 0.963 bits per heavy atom. The summed E-state index contributed by atoms with van der Waals surface area (Å²) in [5, 5.41) is 13.4. The van der Waals surface area contributed by atoms with Gasteiger partial charge in [-0.25, -0.2) is 4.79 Å². The van der Waals surface area contributed by atoms with Crippen molar-refractivity contribution in [3.8, 4) is 6.07 Å². The van der Waals surface area contributed by atoms with Gasteiger partial charge in [0.1, 0.15) is 0 Å². The summed E-state index contributed by atoms with van der Waals surface area (Å²) in [5.74, 6) is -1.24. The average molecular weight is 365 g/mol. The third kappa shape index (κ3) is 7.40. The molecule has 0 aliphatic heterocycles. The van der Waals surface area contributed by atoms with Crippen LogP contribution in [0.15, 0.2) is 54.6 Å². The van der Waals surface area contributed by atoms with Crippen molar-refractivity contribution in [2.24, 2.45) is 0 Å². The van der Waals surface area contributed by atoms with Gasteiger partial charge in [0.15, 0.2) is 6.61 Å². The Morgan fingerprint density at radius 3 is 2.33 bits per heavy atom. The van der Waals surface area contributed by atoms with Gasteiger partial charge >= 0.3 is 12.0 Å². The molecule has 0 bridgehead atoms. The highest BCUT2D eigenvalue weighted by atomic mass is 16.5. The molecule has 0 heterocycles. The van der Waals surface area contributed by atoms with Crippen molar-refractivity contribution >= 4 is 17.9 Å². The number of hydrogen-bond donors (Lipinski definition) is 2. The first-order valence-electron chi connectivity index (χ1n) is 8.33. The molecule has 2 N–H and O–H groups in total. The molecule has 2 rings (SSSR count). The van der Waals surface area contributed by atoms with E-state index in [1.807, 2.05) is 36.4 Å². The maximum atomic E-state index is 11.7. The number of urea groups is 1. The zero-order chi connectivity index (χ0) is 19.5. The number of aryl methyl sites for hydroxylation is 1. The van der Waals surface area contributed by atoms with Crippen molar-refractivity contribution in [1.29, 1.82) is 5.26 Å².